The lowest BCUT2D eigenvalue weighted by Crippen LogP contribution is -2.06. The van der Waals surface area contributed by atoms with E-state index in [2.05, 4.69) is 43.3 Å². The molecule has 84 valence electrons. The fourth-order valence-electron chi connectivity index (χ4n) is 1.23. The van der Waals surface area contributed by atoms with Crippen molar-refractivity contribution in [3.05, 3.63) is 33.2 Å². The predicted molar refractivity (Wildman–Crippen MR) is 70.7 cm³/mol. The number of rotatable bonds is 4. The van der Waals surface area contributed by atoms with Gasteiger partial charge in [0.15, 0.2) is 0 Å². The molecule has 4 nitrogen and oxygen atoms in total. The molecule has 0 saturated heterocycles. The maximum Gasteiger partial charge on any atom is 0.144 e. The van der Waals surface area contributed by atoms with Gasteiger partial charge in [0.2, 0.25) is 0 Å². The Labute approximate surface area is 106 Å². The normalized spacial score (nSPS) is 10.3. The van der Waals surface area contributed by atoms with E-state index in [1.807, 2.05) is 0 Å². The van der Waals surface area contributed by atoms with Gasteiger partial charge in [-0.2, -0.15) is 0 Å². The molecule has 16 heavy (non-hydrogen) atoms. The number of nitrogens with two attached hydrogens (primary N) is 1. The van der Waals surface area contributed by atoms with Crippen LogP contribution in [0.25, 0.3) is 0 Å². The van der Waals surface area contributed by atoms with Crippen LogP contribution in [0.4, 0.5) is 11.6 Å². The molecule has 0 aliphatic heterocycles. The third-order valence-electron chi connectivity index (χ3n) is 1.98. The Bertz CT molecular complexity index is 454. The number of nitrogen functional groups attached to an aromatic ring is 1. The molecule has 0 unspecified atom stereocenters. The highest BCUT2D eigenvalue weighted by atomic mass is 79.9. The van der Waals surface area contributed by atoms with Gasteiger partial charge in [-0.25, -0.2) is 9.97 Å². The third-order valence-corrected chi connectivity index (χ3v) is 3.66. The van der Waals surface area contributed by atoms with Gasteiger partial charge in [-0.15, -0.1) is 11.3 Å². The number of aromatic nitrogens is 2. The molecule has 2 heterocycles. The lowest BCUT2D eigenvalue weighted by atomic mass is 10.3. The predicted octanol–water partition coefficient (Wildman–Crippen LogP) is 2.54. The van der Waals surface area contributed by atoms with Crippen molar-refractivity contribution in [3.8, 4) is 0 Å². The molecule has 2 rings (SSSR count). The van der Waals surface area contributed by atoms with Crippen molar-refractivity contribution in [2.75, 3.05) is 17.6 Å². The minimum atomic E-state index is 0.438. The van der Waals surface area contributed by atoms with Crippen molar-refractivity contribution in [1.29, 1.82) is 0 Å². The summed E-state index contributed by atoms with van der Waals surface area (Å²) >= 11 is 5.18. The summed E-state index contributed by atoms with van der Waals surface area (Å²) in [5, 5.41) is 3.19. The maximum absolute atomic E-state index is 5.44. The van der Waals surface area contributed by atoms with Gasteiger partial charge in [-0.1, -0.05) is 0 Å². The molecule has 2 aromatic rings. The van der Waals surface area contributed by atoms with Crippen LogP contribution in [0.2, 0.25) is 0 Å². The van der Waals surface area contributed by atoms with E-state index < -0.39 is 0 Å². The highest BCUT2D eigenvalue weighted by molar-refractivity contribution is 9.11. The van der Waals surface area contributed by atoms with Gasteiger partial charge in [0.1, 0.15) is 11.6 Å². The Morgan fingerprint density at radius 3 is 2.81 bits per heavy atom. The number of hydrogen-bond acceptors (Lipinski definition) is 5. The smallest absolute Gasteiger partial charge is 0.144 e. The van der Waals surface area contributed by atoms with Crippen LogP contribution < -0.4 is 11.1 Å². The van der Waals surface area contributed by atoms with Crippen molar-refractivity contribution in [2.24, 2.45) is 0 Å². The average molecular weight is 299 g/mol. The van der Waals surface area contributed by atoms with Gasteiger partial charge in [0.05, 0.1) is 16.2 Å². The Morgan fingerprint density at radius 2 is 2.19 bits per heavy atom. The number of nitrogens with one attached hydrogen (secondary N) is 1. The van der Waals surface area contributed by atoms with E-state index in [9.17, 15) is 0 Å². The van der Waals surface area contributed by atoms with Crippen molar-refractivity contribution in [1.82, 2.24) is 9.97 Å². The van der Waals surface area contributed by atoms with Crippen LogP contribution >= 0.6 is 27.3 Å². The van der Waals surface area contributed by atoms with E-state index in [0.717, 1.165) is 22.6 Å². The molecular formula is C10H11BrN4S. The quantitative estimate of drug-likeness (QED) is 0.910. The molecule has 0 aliphatic carbocycles. The summed E-state index contributed by atoms with van der Waals surface area (Å²) in [6, 6.07) is 4.17. The van der Waals surface area contributed by atoms with Gasteiger partial charge in [-0.05, 0) is 34.5 Å². The van der Waals surface area contributed by atoms with Gasteiger partial charge in [0, 0.05) is 11.4 Å². The summed E-state index contributed by atoms with van der Waals surface area (Å²) < 4.78 is 1.16. The van der Waals surface area contributed by atoms with E-state index in [-0.39, 0.29) is 0 Å². The molecule has 0 aromatic carbocycles. The highest BCUT2D eigenvalue weighted by Crippen LogP contribution is 2.22. The number of anilines is 2. The second kappa shape index (κ2) is 5.27. The van der Waals surface area contributed by atoms with Crippen molar-refractivity contribution < 1.29 is 0 Å². The third kappa shape index (κ3) is 3.18. The molecule has 0 aliphatic rings. The molecule has 0 radical (unpaired) electrons. The van der Waals surface area contributed by atoms with Gasteiger partial charge < -0.3 is 11.1 Å². The van der Waals surface area contributed by atoms with Crippen LogP contribution in [-0.2, 0) is 6.42 Å². The Kier molecular flexibility index (Phi) is 3.74. The lowest BCUT2D eigenvalue weighted by Gasteiger charge is -2.03. The zero-order valence-electron chi connectivity index (χ0n) is 8.48. The molecule has 2 aromatic heterocycles. The summed E-state index contributed by atoms with van der Waals surface area (Å²) in [5.74, 6) is 1.19. The zero-order valence-corrected chi connectivity index (χ0v) is 10.9. The molecule has 0 saturated carbocycles. The van der Waals surface area contributed by atoms with Gasteiger partial charge in [-0.3, -0.25) is 0 Å². The van der Waals surface area contributed by atoms with Crippen molar-refractivity contribution in [3.63, 3.8) is 0 Å². The lowest BCUT2D eigenvalue weighted by molar-refractivity contribution is 1.02. The summed E-state index contributed by atoms with van der Waals surface area (Å²) in [7, 11) is 0. The first kappa shape index (κ1) is 11.3. The Hall–Kier alpha value is -1.14. The fraction of sp³-hybridized carbons (Fsp3) is 0.200. The number of hydrogen-bond donors (Lipinski definition) is 2. The first-order valence-corrected chi connectivity index (χ1v) is 6.40. The first-order chi connectivity index (χ1) is 7.74. The number of thiophene rings is 1. The number of halogens is 1. The SMILES string of the molecule is Nc1cnc(NCCc2ccc(Br)s2)cn1. The van der Waals surface area contributed by atoms with E-state index in [0.29, 0.717) is 5.82 Å². The Morgan fingerprint density at radius 1 is 1.31 bits per heavy atom. The monoisotopic (exact) mass is 298 g/mol. The molecule has 0 spiro atoms. The van der Waals surface area contributed by atoms with Crippen LogP contribution in [0, 0.1) is 0 Å². The number of nitrogens with zero attached hydrogens (tertiary/aromatic N) is 2. The highest BCUT2D eigenvalue weighted by Gasteiger charge is 1.98. The van der Waals surface area contributed by atoms with Crippen LogP contribution in [0.15, 0.2) is 28.3 Å². The standard InChI is InChI=1S/C10H11BrN4S/c11-8-2-1-7(16-8)3-4-13-10-6-14-9(12)5-15-10/h1-2,5-6H,3-4H2,(H2,12,14)(H,13,15). The van der Waals surface area contributed by atoms with E-state index in [1.54, 1.807) is 23.7 Å². The van der Waals surface area contributed by atoms with Gasteiger partial charge >= 0.3 is 0 Å². The minimum Gasteiger partial charge on any atom is -0.382 e. The molecule has 0 atom stereocenters. The summed E-state index contributed by atoms with van der Waals surface area (Å²) in [4.78, 5) is 9.40. The molecular weight excluding hydrogens is 288 g/mol. The summed E-state index contributed by atoms with van der Waals surface area (Å²) in [6.45, 7) is 0.839. The van der Waals surface area contributed by atoms with E-state index >= 15 is 0 Å². The topological polar surface area (TPSA) is 63.8 Å². The van der Waals surface area contributed by atoms with Crippen molar-refractivity contribution in [2.45, 2.75) is 6.42 Å². The van der Waals surface area contributed by atoms with Crippen LogP contribution in [-0.4, -0.2) is 16.5 Å². The molecule has 6 heteroatoms. The van der Waals surface area contributed by atoms with Crippen LogP contribution in [0.3, 0.4) is 0 Å². The summed E-state index contributed by atoms with van der Waals surface area (Å²) in [6.07, 6.45) is 4.16. The average Bonchev–Trinajstić information content (AvgIpc) is 2.67. The van der Waals surface area contributed by atoms with E-state index in [1.165, 1.54) is 4.88 Å². The molecule has 0 amide bonds. The van der Waals surface area contributed by atoms with Crippen LogP contribution in [0.5, 0.6) is 0 Å². The fourth-order valence-corrected chi connectivity index (χ4v) is 2.71. The summed E-state index contributed by atoms with van der Waals surface area (Å²) in [5.41, 5.74) is 5.44. The van der Waals surface area contributed by atoms with Gasteiger partial charge in [0.25, 0.3) is 0 Å². The van der Waals surface area contributed by atoms with Crippen molar-refractivity contribution >= 4 is 38.9 Å². The molecule has 0 fully saturated rings. The minimum absolute atomic E-state index is 0.438. The largest absolute Gasteiger partial charge is 0.382 e. The second-order valence-electron chi connectivity index (χ2n) is 3.21. The van der Waals surface area contributed by atoms with Crippen LogP contribution in [0.1, 0.15) is 4.88 Å². The zero-order chi connectivity index (χ0) is 11.4. The first-order valence-electron chi connectivity index (χ1n) is 4.79. The maximum atomic E-state index is 5.44. The molecule has 0 bridgehead atoms. The molecule has 3 N–H and O–H groups in total. The second-order valence-corrected chi connectivity index (χ2v) is 5.76. The van der Waals surface area contributed by atoms with E-state index in [4.69, 9.17) is 5.73 Å². The Balaban J connectivity index is 1.82.